The van der Waals surface area contributed by atoms with Crippen LogP contribution in [0.1, 0.15) is 12.5 Å². The molecule has 0 aliphatic carbocycles. The highest BCUT2D eigenvalue weighted by atomic mass is 35.5. The molecule has 0 unspecified atom stereocenters. The van der Waals surface area contributed by atoms with Crippen LogP contribution in [0.4, 0.5) is 0 Å². The maximum absolute atomic E-state index is 11.9. The number of likely N-dealkylation sites (tertiary alicyclic amines) is 2. The Hall–Kier alpha value is -1.79. The van der Waals surface area contributed by atoms with Crippen LogP contribution < -0.4 is 0 Å². The summed E-state index contributed by atoms with van der Waals surface area (Å²) in [4.78, 5) is 27.1. The summed E-state index contributed by atoms with van der Waals surface area (Å²) in [5.74, 6) is -0.880. The zero-order valence-corrected chi connectivity index (χ0v) is 13.6. The van der Waals surface area contributed by atoms with E-state index in [1.165, 1.54) is 6.92 Å². The first-order valence-corrected chi connectivity index (χ1v) is 7.88. The van der Waals surface area contributed by atoms with E-state index in [0.717, 1.165) is 0 Å². The fourth-order valence-corrected chi connectivity index (χ4v) is 3.95. The van der Waals surface area contributed by atoms with Crippen molar-refractivity contribution in [3.05, 3.63) is 28.8 Å². The van der Waals surface area contributed by atoms with Crippen molar-refractivity contribution in [3.8, 4) is 5.75 Å². The van der Waals surface area contributed by atoms with Crippen LogP contribution in [-0.4, -0.2) is 58.1 Å². The molecule has 7 heteroatoms. The van der Waals surface area contributed by atoms with Crippen LogP contribution in [0.2, 0.25) is 5.02 Å². The lowest BCUT2D eigenvalue weighted by Gasteiger charge is -2.25. The fourth-order valence-electron chi connectivity index (χ4n) is 3.75. The number of carboxylic acids is 1. The number of aliphatic carboxylic acids is 1. The van der Waals surface area contributed by atoms with Gasteiger partial charge < -0.3 is 15.1 Å². The Morgan fingerprint density at radius 3 is 2.70 bits per heavy atom. The van der Waals surface area contributed by atoms with Crippen LogP contribution in [0, 0.1) is 11.3 Å². The molecule has 2 aliphatic rings. The normalized spacial score (nSPS) is 27.2. The lowest BCUT2D eigenvalue weighted by atomic mass is 9.81. The van der Waals surface area contributed by atoms with Crippen LogP contribution in [0.15, 0.2) is 18.2 Å². The van der Waals surface area contributed by atoms with E-state index < -0.39 is 11.4 Å². The number of nitrogens with zero attached hydrogens (tertiary/aromatic N) is 2. The second-order valence-electron chi connectivity index (χ2n) is 6.50. The number of hydrogen-bond donors (Lipinski definition) is 2. The van der Waals surface area contributed by atoms with E-state index in [4.69, 9.17) is 11.6 Å². The van der Waals surface area contributed by atoms with Gasteiger partial charge in [0.25, 0.3) is 0 Å². The minimum absolute atomic E-state index is 0.0842. The number of carboxylic acid groups (broad SMARTS) is 1. The first-order chi connectivity index (χ1) is 10.8. The smallest absolute Gasteiger partial charge is 0.313 e. The maximum Gasteiger partial charge on any atom is 0.313 e. The summed E-state index contributed by atoms with van der Waals surface area (Å²) in [6.45, 7) is 3.58. The largest absolute Gasteiger partial charge is 0.508 e. The molecule has 2 atom stereocenters. The Kier molecular flexibility index (Phi) is 3.98. The van der Waals surface area contributed by atoms with Crippen LogP contribution in [-0.2, 0) is 16.1 Å². The highest BCUT2D eigenvalue weighted by Gasteiger charge is 2.58. The minimum atomic E-state index is -0.917. The molecule has 1 aromatic rings. The van der Waals surface area contributed by atoms with Crippen molar-refractivity contribution in [3.63, 3.8) is 0 Å². The maximum atomic E-state index is 11.9. The molecule has 2 fully saturated rings. The van der Waals surface area contributed by atoms with Crippen molar-refractivity contribution in [1.29, 1.82) is 0 Å². The molecule has 2 heterocycles. The number of hydrogen-bond acceptors (Lipinski definition) is 4. The summed E-state index contributed by atoms with van der Waals surface area (Å²) in [5, 5.41) is 20.2. The van der Waals surface area contributed by atoms with Crippen molar-refractivity contribution >= 4 is 23.5 Å². The van der Waals surface area contributed by atoms with Gasteiger partial charge in [0.2, 0.25) is 5.91 Å². The van der Waals surface area contributed by atoms with Gasteiger partial charge in [0.1, 0.15) is 11.2 Å². The number of benzene rings is 1. The first kappa shape index (κ1) is 16.1. The van der Waals surface area contributed by atoms with Gasteiger partial charge in [-0.15, -0.1) is 0 Å². The summed E-state index contributed by atoms with van der Waals surface area (Å²) >= 11 is 5.96. The molecule has 1 amide bonds. The molecule has 0 saturated carbocycles. The second-order valence-corrected chi connectivity index (χ2v) is 6.94. The van der Waals surface area contributed by atoms with Crippen LogP contribution in [0.3, 0.4) is 0 Å². The number of halogens is 1. The molecule has 124 valence electrons. The Morgan fingerprint density at radius 2 is 2.09 bits per heavy atom. The lowest BCUT2D eigenvalue weighted by Crippen LogP contribution is -2.41. The van der Waals surface area contributed by atoms with E-state index >= 15 is 0 Å². The summed E-state index contributed by atoms with van der Waals surface area (Å²) < 4.78 is 0. The number of phenols is 1. The Balaban J connectivity index is 1.78. The Morgan fingerprint density at radius 1 is 1.35 bits per heavy atom. The SMILES string of the molecule is CC(=O)N1C[C@@H]2CN(Cc3cc(Cl)ccc3O)C[C@]2(C(=O)O)C1. The van der Waals surface area contributed by atoms with Gasteiger partial charge in [0.15, 0.2) is 0 Å². The number of phenolic OH excluding ortho intramolecular Hbond substituents is 1. The second kappa shape index (κ2) is 5.69. The first-order valence-electron chi connectivity index (χ1n) is 7.50. The van der Waals surface area contributed by atoms with Gasteiger partial charge >= 0.3 is 5.97 Å². The predicted octanol–water partition coefficient (Wildman–Crippen LogP) is 1.41. The van der Waals surface area contributed by atoms with Gasteiger partial charge in [0, 0.05) is 56.2 Å². The van der Waals surface area contributed by atoms with Crippen molar-refractivity contribution in [2.75, 3.05) is 26.2 Å². The third-order valence-corrected chi connectivity index (χ3v) is 5.22. The van der Waals surface area contributed by atoms with Gasteiger partial charge in [-0.05, 0) is 18.2 Å². The van der Waals surface area contributed by atoms with Gasteiger partial charge in [0.05, 0.1) is 0 Å². The number of carbonyl (C=O) groups is 2. The van der Waals surface area contributed by atoms with Crippen molar-refractivity contribution < 1.29 is 19.8 Å². The topological polar surface area (TPSA) is 81.1 Å². The van der Waals surface area contributed by atoms with Crippen molar-refractivity contribution in [1.82, 2.24) is 9.80 Å². The number of carbonyl (C=O) groups excluding carboxylic acids is 1. The number of aromatic hydroxyl groups is 1. The third kappa shape index (κ3) is 2.77. The predicted molar refractivity (Wildman–Crippen MR) is 84.2 cm³/mol. The molecule has 2 N–H and O–H groups in total. The summed E-state index contributed by atoms with van der Waals surface area (Å²) in [5.41, 5.74) is -0.235. The van der Waals surface area contributed by atoms with E-state index in [9.17, 15) is 19.8 Å². The number of amides is 1. The minimum Gasteiger partial charge on any atom is -0.508 e. The zero-order valence-electron chi connectivity index (χ0n) is 12.8. The lowest BCUT2D eigenvalue weighted by molar-refractivity contribution is -0.149. The highest BCUT2D eigenvalue weighted by Crippen LogP contribution is 2.43. The Bertz CT molecular complexity index is 665. The monoisotopic (exact) mass is 338 g/mol. The average molecular weight is 339 g/mol. The van der Waals surface area contributed by atoms with E-state index in [1.807, 2.05) is 4.90 Å². The summed E-state index contributed by atoms with van der Waals surface area (Å²) in [6, 6.07) is 4.85. The number of rotatable bonds is 3. The highest BCUT2D eigenvalue weighted by molar-refractivity contribution is 6.30. The van der Waals surface area contributed by atoms with E-state index in [0.29, 0.717) is 36.8 Å². The number of fused-ring (bicyclic) bond motifs is 1. The molecule has 1 aromatic carbocycles. The molecule has 6 nitrogen and oxygen atoms in total. The van der Waals surface area contributed by atoms with Crippen molar-refractivity contribution in [2.24, 2.45) is 11.3 Å². The van der Waals surface area contributed by atoms with Gasteiger partial charge in [-0.3, -0.25) is 14.5 Å². The zero-order chi connectivity index (χ0) is 16.8. The molecule has 0 radical (unpaired) electrons. The Labute approximate surface area is 139 Å². The van der Waals surface area contributed by atoms with Crippen molar-refractivity contribution in [2.45, 2.75) is 13.5 Å². The molecule has 0 bridgehead atoms. The van der Waals surface area contributed by atoms with Gasteiger partial charge in [-0.1, -0.05) is 11.6 Å². The quantitative estimate of drug-likeness (QED) is 0.871. The van der Waals surface area contributed by atoms with E-state index in [-0.39, 0.29) is 24.1 Å². The van der Waals surface area contributed by atoms with Gasteiger partial charge in [-0.25, -0.2) is 0 Å². The molecule has 0 aromatic heterocycles. The molecule has 23 heavy (non-hydrogen) atoms. The van der Waals surface area contributed by atoms with Crippen LogP contribution >= 0.6 is 11.6 Å². The molecule has 0 spiro atoms. The third-order valence-electron chi connectivity index (χ3n) is 4.99. The van der Waals surface area contributed by atoms with Gasteiger partial charge in [-0.2, -0.15) is 0 Å². The molecule has 3 rings (SSSR count). The molecule has 2 saturated heterocycles. The van der Waals surface area contributed by atoms with Crippen LogP contribution in [0.25, 0.3) is 0 Å². The van der Waals surface area contributed by atoms with E-state index in [1.54, 1.807) is 23.1 Å². The fraction of sp³-hybridized carbons (Fsp3) is 0.500. The molecule has 2 aliphatic heterocycles. The molecular weight excluding hydrogens is 320 g/mol. The summed E-state index contributed by atoms with van der Waals surface area (Å²) in [7, 11) is 0. The molecular formula is C16H19ClN2O4. The standard InChI is InChI=1S/C16H19ClN2O4/c1-10(20)19-7-12-6-18(8-16(12,9-19)15(22)23)5-11-4-13(17)2-3-14(11)21/h2-4,12,21H,5-9H2,1H3,(H,22,23)/t12-,16-/m0/s1. The average Bonchev–Trinajstić information content (AvgIpc) is 2.97. The van der Waals surface area contributed by atoms with Crippen LogP contribution in [0.5, 0.6) is 5.75 Å². The summed E-state index contributed by atoms with van der Waals surface area (Å²) in [6.07, 6.45) is 0. The van der Waals surface area contributed by atoms with E-state index in [2.05, 4.69) is 0 Å².